The fraction of sp³-hybridized carbons (Fsp3) is 0.250. The summed E-state index contributed by atoms with van der Waals surface area (Å²) < 4.78 is 49.9. The SMILES string of the molecule is Cc1cnc(Nc2ccnn2C)nc1-c1cn2c(n1)-c1nnc(C(F)(F)c3ccccc3Cl)n1[C@H](CF)C2.S. The molecule has 0 radical (unpaired) electrons. The maximum absolute atomic E-state index is 15.6. The highest BCUT2D eigenvalue weighted by molar-refractivity contribution is 7.59. The lowest BCUT2D eigenvalue weighted by Gasteiger charge is -2.27. The first-order valence-corrected chi connectivity index (χ1v) is 12.0. The number of hydrogen-bond acceptors (Lipinski definition) is 7. The zero-order valence-corrected chi connectivity index (χ0v) is 22.4. The summed E-state index contributed by atoms with van der Waals surface area (Å²) in [5.74, 6) is -2.98. The molecule has 10 nitrogen and oxygen atoms in total. The van der Waals surface area contributed by atoms with Crippen LogP contribution in [0.4, 0.5) is 24.9 Å². The van der Waals surface area contributed by atoms with Gasteiger partial charge in [0.1, 0.15) is 18.2 Å². The van der Waals surface area contributed by atoms with Crippen molar-refractivity contribution in [2.45, 2.75) is 25.4 Å². The monoisotopic (exact) mass is 574 g/mol. The van der Waals surface area contributed by atoms with E-state index in [9.17, 15) is 4.39 Å². The number of aryl methyl sites for hydroxylation is 2. The number of nitrogens with zero attached hydrogens (tertiary/aromatic N) is 9. The first-order valence-electron chi connectivity index (χ1n) is 11.6. The molecule has 0 amide bonds. The van der Waals surface area contributed by atoms with Crippen LogP contribution < -0.4 is 5.32 Å². The van der Waals surface area contributed by atoms with Crippen molar-refractivity contribution in [1.82, 2.24) is 44.1 Å². The molecular formula is C24H22ClF3N10S. The molecule has 39 heavy (non-hydrogen) atoms. The van der Waals surface area contributed by atoms with Gasteiger partial charge >= 0.3 is 5.92 Å². The van der Waals surface area contributed by atoms with Crippen LogP contribution in [0.2, 0.25) is 5.02 Å². The predicted molar refractivity (Wildman–Crippen MR) is 143 cm³/mol. The molecule has 0 unspecified atom stereocenters. The molecule has 0 bridgehead atoms. The number of imidazole rings is 1. The highest BCUT2D eigenvalue weighted by Crippen LogP contribution is 2.42. The number of halogens is 4. The molecule has 0 spiro atoms. The molecule has 0 aliphatic carbocycles. The van der Waals surface area contributed by atoms with Gasteiger partial charge in [0, 0.05) is 37.6 Å². The third kappa shape index (κ3) is 4.42. The molecule has 1 aromatic carbocycles. The standard InChI is InChI=1S/C24H20ClF3N10.H2S/c1-13-10-29-23(32-18-7-8-30-36(18)2)33-19(13)17-12-37-11-14(9-26)38-21(20(37)31-17)34-35-22(38)24(27,28)15-5-3-4-6-16(15)25;/h3-8,10,12,14H,9,11H2,1-2H3,(H,29,32,33);1H2/t14-;/m1./s1. The lowest BCUT2D eigenvalue weighted by atomic mass is 10.1. The molecule has 4 aromatic heterocycles. The van der Waals surface area contributed by atoms with E-state index in [1.807, 2.05) is 6.92 Å². The molecule has 1 aliphatic heterocycles. The summed E-state index contributed by atoms with van der Waals surface area (Å²) in [6.07, 6.45) is 4.99. The Morgan fingerprint density at radius 3 is 2.64 bits per heavy atom. The van der Waals surface area contributed by atoms with E-state index in [4.69, 9.17) is 11.6 Å². The number of alkyl halides is 3. The number of aromatic nitrogens is 9. The van der Waals surface area contributed by atoms with Gasteiger partial charge in [-0.25, -0.2) is 19.3 Å². The highest BCUT2D eigenvalue weighted by Gasteiger charge is 2.45. The van der Waals surface area contributed by atoms with Gasteiger partial charge in [-0.15, -0.1) is 10.2 Å². The minimum atomic E-state index is -3.61. The maximum Gasteiger partial charge on any atom is 0.333 e. The van der Waals surface area contributed by atoms with Gasteiger partial charge in [0.25, 0.3) is 0 Å². The minimum Gasteiger partial charge on any atom is -0.325 e. The van der Waals surface area contributed by atoms with E-state index in [0.717, 1.165) is 10.1 Å². The lowest BCUT2D eigenvalue weighted by Crippen LogP contribution is -2.30. The molecular weight excluding hydrogens is 553 g/mol. The molecule has 1 N–H and O–H groups in total. The van der Waals surface area contributed by atoms with Crippen LogP contribution >= 0.6 is 25.1 Å². The van der Waals surface area contributed by atoms with Crippen molar-refractivity contribution in [3.05, 3.63) is 70.9 Å². The Bertz CT molecular complexity index is 1660. The van der Waals surface area contributed by atoms with Crippen LogP contribution in [-0.4, -0.2) is 50.7 Å². The predicted octanol–water partition coefficient (Wildman–Crippen LogP) is 4.81. The highest BCUT2D eigenvalue weighted by atomic mass is 35.5. The second kappa shape index (κ2) is 10.0. The Balaban J connectivity index is 0.00000308. The molecule has 15 heteroatoms. The molecule has 5 aromatic rings. The molecule has 0 fully saturated rings. The molecule has 1 aliphatic rings. The van der Waals surface area contributed by atoms with Crippen LogP contribution in [-0.2, 0) is 19.5 Å². The van der Waals surface area contributed by atoms with Crippen molar-refractivity contribution in [3.8, 4) is 23.0 Å². The molecule has 0 saturated carbocycles. The van der Waals surface area contributed by atoms with Crippen LogP contribution in [0.1, 0.15) is 23.0 Å². The van der Waals surface area contributed by atoms with Crippen molar-refractivity contribution in [3.63, 3.8) is 0 Å². The zero-order valence-electron chi connectivity index (χ0n) is 20.6. The van der Waals surface area contributed by atoms with Gasteiger partial charge in [0.2, 0.25) is 17.6 Å². The van der Waals surface area contributed by atoms with E-state index in [1.165, 1.54) is 18.2 Å². The molecule has 6 rings (SSSR count). The van der Waals surface area contributed by atoms with Crippen LogP contribution in [0, 0.1) is 6.92 Å². The van der Waals surface area contributed by atoms with Gasteiger partial charge in [-0.3, -0.25) is 9.25 Å². The van der Waals surface area contributed by atoms with Gasteiger partial charge in [0.05, 0.1) is 23.0 Å². The summed E-state index contributed by atoms with van der Waals surface area (Å²) in [6.45, 7) is 0.977. The molecule has 202 valence electrons. The van der Waals surface area contributed by atoms with Crippen LogP contribution in [0.15, 0.2) is 48.9 Å². The Labute approximate surface area is 232 Å². The van der Waals surface area contributed by atoms with Crippen molar-refractivity contribution >= 4 is 36.9 Å². The first-order chi connectivity index (χ1) is 18.3. The topological polar surface area (TPSA) is 104 Å². The van der Waals surface area contributed by atoms with Crippen molar-refractivity contribution in [2.24, 2.45) is 7.05 Å². The first kappa shape index (κ1) is 26.7. The van der Waals surface area contributed by atoms with E-state index < -0.39 is 30.0 Å². The number of rotatable bonds is 6. The minimum absolute atomic E-state index is 0. The number of fused-ring (bicyclic) bond motifs is 3. The Morgan fingerprint density at radius 2 is 1.92 bits per heavy atom. The zero-order chi connectivity index (χ0) is 26.6. The summed E-state index contributed by atoms with van der Waals surface area (Å²) in [4.78, 5) is 13.6. The van der Waals surface area contributed by atoms with E-state index in [0.29, 0.717) is 23.2 Å². The fourth-order valence-corrected chi connectivity index (χ4v) is 4.74. The van der Waals surface area contributed by atoms with E-state index in [-0.39, 0.29) is 36.7 Å². The van der Waals surface area contributed by atoms with Crippen LogP contribution in [0.5, 0.6) is 0 Å². The molecule has 0 saturated heterocycles. The van der Waals surface area contributed by atoms with Gasteiger partial charge in [0.15, 0.2) is 5.82 Å². The van der Waals surface area contributed by atoms with Crippen LogP contribution in [0.25, 0.3) is 23.0 Å². The number of anilines is 2. The quantitative estimate of drug-likeness (QED) is 0.310. The third-order valence-electron chi connectivity index (χ3n) is 6.39. The van der Waals surface area contributed by atoms with E-state index in [2.05, 4.69) is 35.6 Å². The van der Waals surface area contributed by atoms with Gasteiger partial charge in [-0.2, -0.15) is 27.4 Å². The van der Waals surface area contributed by atoms with Gasteiger partial charge in [-0.1, -0.05) is 29.8 Å². The average Bonchev–Trinajstić information content (AvgIpc) is 3.63. The second-order valence-electron chi connectivity index (χ2n) is 8.87. The smallest absolute Gasteiger partial charge is 0.325 e. The van der Waals surface area contributed by atoms with Crippen LogP contribution in [0.3, 0.4) is 0 Å². The molecule has 5 heterocycles. The summed E-state index contributed by atoms with van der Waals surface area (Å²) in [5, 5.41) is 14.9. The molecule has 1 atom stereocenters. The summed E-state index contributed by atoms with van der Waals surface area (Å²) in [6, 6.07) is 6.40. The Hall–Kier alpha value is -3.91. The second-order valence-corrected chi connectivity index (χ2v) is 9.28. The van der Waals surface area contributed by atoms with Crippen molar-refractivity contribution in [2.75, 3.05) is 12.0 Å². The van der Waals surface area contributed by atoms with Crippen molar-refractivity contribution in [1.29, 1.82) is 0 Å². The Morgan fingerprint density at radius 1 is 1.13 bits per heavy atom. The van der Waals surface area contributed by atoms with Gasteiger partial charge in [-0.05, 0) is 18.6 Å². The average molecular weight is 575 g/mol. The van der Waals surface area contributed by atoms with E-state index >= 15 is 8.78 Å². The Kier molecular flexibility index (Phi) is 6.84. The van der Waals surface area contributed by atoms with E-state index in [1.54, 1.807) is 47.0 Å². The normalized spacial score (nSPS) is 14.5. The summed E-state index contributed by atoms with van der Waals surface area (Å²) in [5.41, 5.74) is 1.29. The number of benzene rings is 1. The van der Waals surface area contributed by atoms with Crippen molar-refractivity contribution < 1.29 is 13.2 Å². The summed E-state index contributed by atoms with van der Waals surface area (Å²) >= 11 is 6.06. The third-order valence-corrected chi connectivity index (χ3v) is 6.72. The largest absolute Gasteiger partial charge is 0.333 e. The maximum atomic E-state index is 15.6. The lowest BCUT2D eigenvalue weighted by molar-refractivity contribution is 0.0258. The number of nitrogens with one attached hydrogen (secondary N) is 1. The van der Waals surface area contributed by atoms with Gasteiger partial charge < -0.3 is 9.88 Å². The number of hydrogen-bond donors (Lipinski definition) is 1. The fourth-order valence-electron chi connectivity index (χ4n) is 4.49. The summed E-state index contributed by atoms with van der Waals surface area (Å²) in [7, 11) is 1.78.